The van der Waals surface area contributed by atoms with Crippen LogP contribution in [0.5, 0.6) is 5.75 Å². The largest absolute Gasteiger partial charge is 0.495 e. The summed E-state index contributed by atoms with van der Waals surface area (Å²) in [7, 11) is -2.72. The average Bonchev–Trinajstić information content (AvgIpc) is 2.75. The van der Waals surface area contributed by atoms with Crippen molar-refractivity contribution in [2.75, 3.05) is 17.3 Å². The highest BCUT2D eigenvalue weighted by atomic mass is 35.5. The van der Waals surface area contributed by atoms with Crippen LogP contribution in [0.2, 0.25) is 10.0 Å². The van der Waals surface area contributed by atoms with Crippen molar-refractivity contribution in [3.05, 3.63) is 86.4 Å². The molecule has 0 unspecified atom stereocenters. The number of benzene rings is 3. The number of nitro groups is 1. The molecule has 0 atom stereocenters. The molecule has 3 aromatic rings. The lowest BCUT2D eigenvalue weighted by molar-refractivity contribution is -0.384. The van der Waals surface area contributed by atoms with Gasteiger partial charge in [0.05, 0.1) is 33.9 Å². The number of hydrazone groups is 1. The number of sulfonamides is 1. The average molecular weight is 495 g/mol. The Morgan fingerprint density at radius 3 is 2.50 bits per heavy atom. The van der Waals surface area contributed by atoms with Gasteiger partial charge < -0.3 is 4.74 Å². The lowest BCUT2D eigenvalue weighted by atomic mass is 10.2. The van der Waals surface area contributed by atoms with Crippen LogP contribution in [0.4, 0.5) is 17.1 Å². The van der Waals surface area contributed by atoms with Crippen LogP contribution < -0.4 is 14.9 Å². The highest BCUT2D eigenvalue weighted by molar-refractivity contribution is 7.92. The van der Waals surface area contributed by atoms with E-state index in [2.05, 4.69) is 15.2 Å². The second kappa shape index (κ2) is 9.86. The van der Waals surface area contributed by atoms with Crippen molar-refractivity contribution >= 4 is 56.5 Å². The first-order chi connectivity index (χ1) is 15.2. The molecule has 3 aromatic carbocycles. The molecule has 2 N–H and O–H groups in total. The summed E-state index contributed by atoms with van der Waals surface area (Å²) >= 11 is 11.9. The van der Waals surface area contributed by atoms with E-state index in [4.69, 9.17) is 27.9 Å². The number of ether oxygens (including phenoxy) is 1. The molecule has 32 heavy (non-hydrogen) atoms. The number of halogens is 2. The van der Waals surface area contributed by atoms with E-state index in [1.54, 1.807) is 30.3 Å². The van der Waals surface area contributed by atoms with Crippen molar-refractivity contribution in [2.45, 2.75) is 4.90 Å². The number of anilines is 2. The highest BCUT2D eigenvalue weighted by Gasteiger charge is 2.22. The van der Waals surface area contributed by atoms with Crippen LogP contribution in [0.1, 0.15) is 5.56 Å². The maximum atomic E-state index is 12.8. The number of hydrogen-bond acceptors (Lipinski definition) is 7. The topological polar surface area (TPSA) is 123 Å². The van der Waals surface area contributed by atoms with Crippen LogP contribution >= 0.6 is 23.2 Å². The van der Waals surface area contributed by atoms with E-state index in [0.29, 0.717) is 21.4 Å². The highest BCUT2D eigenvalue weighted by Crippen LogP contribution is 2.30. The second-order valence-corrected chi connectivity index (χ2v) is 8.80. The third-order valence-corrected chi connectivity index (χ3v) is 6.10. The zero-order valence-corrected chi connectivity index (χ0v) is 18.8. The summed E-state index contributed by atoms with van der Waals surface area (Å²) in [5.74, 6) is 0.305. The molecule has 9 nitrogen and oxygen atoms in total. The molecule has 0 spiro atoms. The number of hydrogen-bond donors (Lipinski definition) is 2. The van der Waals surface area contributed by atoms with Gasteiger partial charge in [-0.1, -0.05) is 41.4 Å². The van der Waals surface area contributed by atoms with E-state index in [1.165, 1.54) is 37.6 Å². The van der Waals surface area contributed by atoms with Crippen molar-refractivity contribution in [3.63, 3.8) is 0 Å². The molecule has 0 saturated heterocycles. The molecular formula is C20H16Cl2N4O5S. The summed E-state index contributed by atoms with van der Waals surface area (Å²) in [4.78, 5) is 10.5. The lowest BCUT2D eigenvalue weighted by Gasteiger charge is -2.12. The van der Waals surface area contributed by atoms with Gasteiger partial charge in [-0.2, -0.15) is 5.10 Å². The van der Waals surface area contributed by atoms with Gasteiger partial charge in [0.15, 0.2) is 0 Å². The number of nitrogens with zero attached hydrogens (tertiary/aromatic N) is 2. The molecule has 12 heteroatoms. The van der Waals surface area contributed by atoms with Crippen molar-refractivity contribution in [1.82, 2.24) is 0 Å². The van der Waals surface area contributed by atoms with Gasteiger partial charge in [-0.05, 0) is 36.4 Å². The van der Waals surface area contributed by atoms with E-state index >= 15 is 0 Å². The van der Waals surface area contributed by atoms with Crippen molar-refractivity contribution in [1.29, 1.82) is 0 Å². The predicted octanol–water partition coefficient (Wildman–Crippen LogP) is 5.16. The zero-order valence-electron chi connectivity index (χ0n) is 16.5. The summed E-state index contributed by atoms with van der Waals surface area (Å²) in [5.41, 5.74) is 2.78. The van der Waals surface area contributed by atoms with Gasteiger partial charge in [0.2, 0.25) is 0 Å². The third-order valence-electron chi connectivity index (χ3n) is 4.18. The van der Waals surface area contributed by atoms with Gasteiger partial charge in [0.1, 0.15) is 11.4 Å². The minimum absolute atomic E-state index is 0.00687. The van der Waals surface area contributed by atoms with Crippen LogP contribution in [0, 0.1) is 10.1 Å². The van der Waals surface area contributed by atoms with E-state index in [0.717, 1.165) is 6.07 Å². The standard InChI is InChI=1S/C20H16Cl2N4O5S/c1-31-20-5-3-2-4-18(20)25-32(29,30)15-8-9-17(19(11-15)26(27)28)24-23-12-13-6-7-14(21)10-16(13)22/h2-12,24-25H,1H3. The van der Waals surface area contributed by atoms with Gasteiger partial charge in [-0.3, -0.25) is 20.3 Å². The van der Waals surface area contributed by atoms with Crippen molar-refractivity contribution in [2.24, 2.45) is 5.10 Å². The number of nitro benzene ring substituents is 1. The van der Waals surface area contributed by atoms with Crippen LogP contribution in [-0.4, -0.2) is 26.7 Å². The number of nitrogens with one attached hydrogen (secondary N) is 2. The first-order valence-electron chi connectivity index (χ1n) is 8.89. The van der Waals surface area contributed by atoms with E-state index in [9.17, 15) is 18.5 Å². The summed E-state index contributed by atoms with van der Waals surface area (Å²) in [6.45, 7) is 0. The molecule has 166 valence electrons. The quantitative estimate of drug-likeness (QED) is 0.253. The van der Waals surface area contributed by atoms with Crippen LogP contribution in [0.3, 0.4) is 0 Å². The van der Waals surface area contributed by atoms with Gasteiger partial charge in [-0.25, -0.2) is 8.42 Å². The number of rotatable bonds is 8. The van der Waals surface area contributed by atoms with Crippen LogP contribution in [0.25, 0.3) is 0 Å². The summed E-state index contributed by atoms with van der Waals surface area (Å²) in [6, 6.07) is 14.6. The molecule has 0 saturated carbocycles. The normalized spacial score (nSPS) is 11.3. The van der Waals surface area contributed by atoms with Crippen LogP contribution in [0.15, 0.2) is 70.7 Å². The molecule has 3 rings (SSSR count). The monoisotopic (exact) mass is 494 g/mol. The Hall–Kier alpha value is -3.34. The maximum absolute atomic E-state index is 12.8. The fourth-order valence-electron chi connectivity index (χ4n) is 2.63. The maximum Gasteiger partial charge on any atom is 0.295 e. The molecule has 0 amide bonds. The Kier molecular flexibility index (Phi) is 7.18. The van der Waals surface area contributed by atoms with E-state index in [-0.39, 0.29) is 16.3 Å². The molecule has 0 aromatic heterocycles. The minimum atomic E-state index is -4.12. The smallest absolute Gasteiger partial charge is 0.295 e. The fourth-order valence-corrected chi connectivity index (χ4v) is 4.18. The molecule has 0 aliphatic rings. The van der Waals surface area contributed by atoms with E-state index in [1.807, 2.05) is 0 Å². The molecule has 0 aliphatic heterocycles. The molecule has 0 fully saturated rings. The molecule has 0 heterocycles. The second-order valence-electron chi connectivity index (χ2n) is 6.28. The van der Waals surface area contributed by atoms with Crippen LogP contribution in [-0.2, 0) is 10.0 Å². The fraction of sp³-hybridized carbons (Fsp3) is 0.0500. The summed E-state index contributed by atoms with van der Waals surface area (Å²) < 4.78 is 33.0. The first kappa shape index (κ1) is 23.3. The number of para-hydroxylation sites is 2. The summed E-state index contributed by atoms with van der Waals surface area (Å²) in [6.07, 6.45) is 1.36. The van der Waals surface area contributed by atoms with Crippen molar-refractivity contribution in [3.8, 4) is 5.75 Å². The summed E-state index contributed by atoms with van der Waals surface area (Å²) in [5, 5.41) is 16.3. The van der Waals surface area contributed by atoms with Gasteiger partial charge in [0, 0.05) is 16.7 Å². The van der Waals surface area contributed by atoms with Gasteiger partial charge >= 0.3 is 0 Å². The molecular weight excluding hydrogens is 479 g/mol. The Morgan fingerprint density at radius 1 is 1.06 bits per heavy atom. The third kappa shape index (κ3) is 5.47. The molecule has 0 bridgehead atoms. The van der Waals surface area contributed by atoms with Gasteiger partial charge in [-0.15, -0.1) is 0 Å². The van der Waals surface area contributed by atoms with E-state index < -0.39 is 20.6 Å². The Balaban J connectivity index is 1.87. The Bertz CT molecular complexity index is 1300. The predicted molar refractivity (Wildman–Crippen MR) is 125 cm³/mol. The minimum Gasteiger partial charge on any atom is -0.495 e. The van der Waals surface area contributed by atoms with Crippen molar-refractivity contribution < 1.29 is 18.1 Å². The lowest BCUT2D eigenvalue weighted by Crippen LogP contribution is -2.14. The zero-order chi connectivity index (χ0) is 23.3. The Morgan fingerprint density at radius 2 is 1.81 bits per heavy atom. The number of methoxy groups -OCH3 is 1. The molecule has 0 radical (unpaired) electrons. The first-order valence-corrected chi connectivity index (χ1v) is 11.1. The van der Waals surface area contributed by atoms with Gasteiger partial charge in [0.25, 0.3) is 15.7 Å². The SMILES string of the molecule is COc1ccccc1NS(=O)(=O)c1ccc(NN=Cc2ccc(Cl)cc2Cl)c([N+](=O)[O-])c1. The Labute approximate surface area is 193 Å². The molecule has 0 aliphatic carbocycles.